The summed E-state index contributed by atoms with van der Waals surface area (Å²) < 4.78 is 11.9. The Morgan fingerprint density at radius 2 is 2.26 bits per heavy atom. The first-order valence-electron chi connectivity index (χ1n) is 10.2. The van der Waals surface area contributed by atoms with Gasteiger partial charge in [0, 0.05) is 37.3 Å². The van der Waals surface area contributed by atoms with Crippen LogP contribution < -0.4 is 5.32 Å². The van der Waals surface area contributed by atoms with Gasteiger partial charge in [-0.2, -0.15) is 0 Å². The summed E-state index contributed by atoms with van der Waals surface area (Å²) in [6.07, 6.45) is 9.06. The number of allylic oxidation sites excluding steroid dienone is 2. The van der Waals surface area contributed by atoms with Crippen LogP contribution in [0.5, 0.6) is 0 Å². The molecule has 4 rings (SSSR count). The van der Waals surface area contributed by atoms with Crippen LogP contribution in [0.3, 0.4) is 0 Å². The van der Waals surface area contributed by atoms with E-state index in [0.717, 1.165) is 44.3 Å². The number of hydrogen-bond donors (Lipinski definition) is 1. The van der Waals surface area contributed by atoms with Crippen molar-refractivity contribution in [2.24, 2.45) is 11.8 Å². The number of nitrogens with one attached hydrogen (secondary N) is 1. The van der Waals surface area contributed by atoms with Crippen molar-refractivity contribution < 1.29 is 14.3 Å². The van der Waals surface area contributed by atoms with Crippen molar-refractivity contribution in [1.29, 1.82) is 0 Å². The quantitative estimate of drug-likeness (QED) is 0.374. The van der Waals surface area contributed by atoms with Gasteiger partial charge in [0.05, 0.1) is 11.5 Å². The van der Waals surface area contributed by atoms with Crippen LogP contribution in [0.15, 0.2) is 36.0 Å². The van der Waals surface area contributed by atoms with Gasteiger partial charge in [-0.3, -0.25) is 9.78 Å². The molecule has 3 heterocycles. The van der Waals surface area contributed by atoms with Crippen molar-refractivity contribution in [3.63, 3.8) is 0 Å². The molecule has 27 heavy (non-hydrogen) atoms. The summed E-state index contributed by atoms with van der Waals surface area (Å²) in [5.41, 5.74) is 2.36. The molecule has 0 amide bonds. The number of fused-ring (bicyclic) bond motifs is 3. The zero-order valence-corrected chi connectivity index (χ0v) is 16.3. The Bertz CT molecular complexity index is 705. The highest BCUT2D eigenvalue weighted by atomic mass is 16.6. The molecule has 0 radical (unpaired) electrons. The van der Waals surface area contributed by atoms with Crippen molar-refractivity contribution in [3.8, 4) is 0 Å². The molecular weight excluding hydrogens is 340 g/mol. The SMILES string of the molecule is CC1=CCC[C@@]2(C)O[C@H]2[C@H]2OC(=O)[C@@H](CNCCc3ccccn3)[C@@H]2CC1. The molecule has 1 aromatic heterocycles. The lowest BCUT2D eigenvalue weighted by atomic mass is 9.80. The average molecular weight is 370 g/mol. The van der Waals surface area contributed by atoms with E-state index in [1.807, 2.05) is 24.4 Å². The van der Waals surface area contributed by atoms with E-state index >= 15 is 0 Å². The van der Waals surface area contributed by atoms with E-state index in [0.29, 0.717) is 6.54 Å². The van der Waals surface area contributed by atoms with Gasteiger partial charge in [0.15, 0.2) is 0 Å². The normalized spacial score (nSPS) is 35.6. The van der Waals surface area contributed by atoms with E-state index in [1.165, 1.54) is 5.57 Å². The second kappa shape index (κ2) is 7.72. The molecule has 2 aliphatic heterocycles. The molecule has 0 aromatic carbocycles. The van der Waals surface area contributed by atoms with E-state index < -0.39 is 0 Å². The monoisotopic (exact) mass is 370 g/mol. The van der Waals surface area contributed by atoms with Crippen LogP contribution >= 0.6 is 0 Å². The smallest absolute Gasteiger partial charge is 0.311 e. The van der Waals surface area contributed by atoms with Crippen LogP contribution in [-0.2, 0) is 20.7 Å². The molecule has 5 heteroatoms. The molecular formula is C22H30N2O3. The van der Waals surface area contributed by atoms with Gasteiger partial charge in [-0.1, -0.05) is 17.7 Å². The number of carbonyl (C=O) groups excluding carboxylic acids is 1. The van der Waals surface area contributed by atoms with Crippen LogP contribution in [0.1, 0.15) is 45.2 Å². The number of aromatic nitrogens is 1. The molecule has 3 aliphatic rings. The summed E-state index contributed by atoms with van der Waals surface area (Å²) in [7, 11) is 0. The molecule has 1 aliphatic carbocycles. The van der Waals surface area contributed by atoms with E-state index in [2.05, 4.69) is 30.2 Å². The number of ether oxygens (including phenoxy) is 2. The molecule has 1 aromatic rings. The second-order valence-electron chi connectivity index (χ2n) is 8.43. The Kier molecular flexibility index (Phi) is 5.33. The van der Waals surface area contributed by atoms with Crippen LogP contribution in [0, 0.1) is 11.8 Å². The highest BCUT2D eigenvalue weighted by molar-refractivity contribution is 5.75. The van der Waals surface area contributed by atoms with Crippen molar-refractivity contribution in [3.05, 3.63) is 41.7 Å². The summed E-state index contributed by atoms with van der Waals surface area (Å²) in [6.45, 7) is 5.83. The lowest BCUT2D eigenvalue weighted by Gasteiger charge is -2.22. The minimum absolute atomic E-state index is 0.0611. The van der Waals surface area contributed by atoms with Crippen LogP contribution in [-0.4, -0.2) is 41.9 Å². The number of rotatable bonds is 5. The highest BCUT2D eigenvalue weighted by Crippen LogP contribution is 2.50. The summed E-state index contributed by atoms with van der Waals surface area (Å²) in [5, 5.41) is 3.46. The summed E-state index contributed by atoms with van der Waals surface area (Å²) in [6, 6.07) is 5.96. The molecule has 0 unspecified atom stereocenters. The molecule has 2 saturated heterocycles. The molecule has 0 saturated carbocycles. The predicted molar refractivity (Wildman–Crippen MR) is 103 cm³/mol. The Morgan fingerprint density at radius 3 is 3.07 bits per heavy atom. The van der Waals surface area contributed by atoms with Crippen molar-refractivity contribution in [1.82, 2.24) is 10.3 Å². The van der Waals surface area contributed by atoms with Crippen molar-refractivity contribution in [2.45, 2.75) is 63.8 Å². The first kappa shape index (κ1) is 18.6. The molecule has 0 spiro atoms. The van der Waals surface area contributed by atoms with Gasteiger partial charge < -0.3 is 14.8 Å². The fourth-order valence-corrected chi connectivity index (χ4v) is 4.59. The molecule has 2 fully saturated rings. The average Bonchev–Trinajstić information content (AvgIpc) is 3.23. The molecule has 5 nitrogen and oxygen atoms in total. The second-order valence-corrected chi connectivity index (χ2v) is 8.43. The molecule has 5 atom stereocenters. The zero-order valence-electron chi connectivity index (χ0n) is 16.3. The zero-order chi connectivity index (χ0) is 18.9. The largest absolute Gasteiger partial charge is 0.459 e. The van der Waals surface area contributed by atoms with Crippen molar-refractivity contribution >= 4 is 5.97 Å². The Hall–Kier alpha value is -1.72. The predicted octanol–water partition coefficient (Wildman–Crippen LogP) is 3.05. The minimum atomic E-state index is -0.126. The fourth-order valence-electron chi connectivity index (χ4n) is 4.59. The minimum Gasteiger partial charge on any atom is -0.459 e. The van der Waals surface area contributed by atoms with Crippen molar-refractivity contribution in [2.75, 3.05) is 13.1 Å². The van der Waals surface area contributed by atoms with Gasteiger partial charge in [-0.15, -0.1) is 0 Å². The summed E-state index contributed by atoms with van der Waals surface area (Å²) in [4.78, 5) is 17.0. The van der Waals surface area contributed by atoms with E-state index in [4.69, 9.17) is 9.47 Å². The lowest BCUT2D eigenvalue weighted by molar-refractivity contribution is -0.144. The lowest BCUT2D eigenvalue weighted by Crippen LogP contribution is -2.35. The van der Waals surface area contributed by atoms with E-state index in [9.17, 15) is 4.79 Å². The first-order chi connectivity index (χ1) is 13.1. The molecule has 146 valence electrons. The number of pyridine rings is 1. The van der Waals surface area contributed by atoms with Gasteiger partial charge in [0.1, 0.15) is 12.2 Å². The summed E-state index contributed by atoms with van der Waals surface area (Å²) in [5.74, 6) is 0.0848. The third kappa shape index (κ3) is 4.09. The highest BCUT2D eigenvalue weighted by Gasteiger charge is 2.62. The van der Waals surface area contributed by atoms with Gasteiger partial charge in [0.2, 0.25) is 0 Å². The van der Waals surface area contributed by atoms with Gasteiger partial charge in [0.25, 0.3) is 0 Å². The van der Waals surface area contributed by atoms with Gasteiger partial charge in [-0.25, -0.2) is 0 Å². The first-order valence-corrected chi connectivity index (χ1v) is 10.2. The maximum absolute atomic E-state index is 12.6. The van der Waals surface area contributed by atoms with E-state index in [1.54, 1.807) is 0 Å². The Balaban J connectivity index is 1.38. The third-order valence-corrected chi connectivity index (χ3v) is 6.39. The number of hydrogen-bond acceptors (Lipinski definition) is 5. The van der Waals surface area contributed by atoms with Gasteiger partial charge in [-0.05, 0) is 51.7 Å². The Morgan fingerprint density at radius 1 is 1.37 bits per heavy atom. The summed E-state index contributed by atoms with van der Waals surface area (Å²) >= 11 is 0. The number of nitrogens with zero attached hydrogens (tertiary/aromatic N) is 1. The standard InChI is InChI=1S/C22H30N2O3/c1-15-6-5-11-22(2)20(27-22)19-17(9-8-15)18(21(25)26-19)14-23-13-10-16-7-3-4-12-24-16/h3-4,6-7,12,17-20,23H,5,8-11,13-14H2,1-2H3/t17-,18-,19-,20-,22+/m0/s1. The number of carbonyl (C=O) groups is 1. The topological polar surface area (TPSA) is 63.8 Å². The van der Waals surface area contributed by atoms with E-state index in [-0.39, 0.29) is 35.6 Å². The van der Waals surface area contributed by atoms with Crippen LogP contribution in [0.25, 0.3) is 0 Å². The number of epoxide rings is 1. The van der Waals surface area contributed by atoms with Gasteiger partial charge >= 0.3 is 5.97 Å². The molecule has 0 bridgehead atoms. The molecule has 1 N–H and O–H groups in total. The maximum Gasteiger partial charge on any atom is 0.311 e. The maximum atomic E-state index is 12.6. The number of esters is 1. The Labute approximate surface area is 161 Å². The van der Waals surface area contributed by atoms with Crippen LogP contribution in [0.2, 0.25) is 0 Å². The fraction of sp³-hybridized carbons (Fsp3) is 0.636. The third-order valence-electron chi connectivity index (χ3n) is 6.39. The van der Waals surface area contributed by atoms with Crippen LogP contribution in [0.4, 0.5) is 0 Å².